The number of anilines is 2. The molecule has 1 saturated heterocycles. The first kappa shape index (κ1) is 19.5. The molecule has 4 heterocycles. The van der Waals surface area contributed by atoms with Crippen LogP contribution in [-0.2, 0) is 11.8 Å². The minimum absolute atomic E-state index is 0.0325. The Labute approximate surface area is 169 Å². The zero-order valence-corrected chi connectivity index (χ0v) is 17.7. The second-order valence-electron chi connectivity index (χ2n) is 8.77. The number of aromatic amines is 1. The molecule has 1 atom stereocenters. The van der Waals surface area contributed by atoms with Gasteiger partial charge in [-0.2, -0.15) is 10.2 Å². The Kier molecular flexibility index (Phi) is 4.65. The van der Waals surface area contributed by atoms with Gasteiger partial charge in [-0.25, -0.2) is 0 Å². The predicted molar refractivity (Wildman–Crippen MR) is 114 cm³/mol. The van der Waals surface area contributed by atoms with Gasteiger partial charge in [-0.05, 0) is 12.3 Å². The smallest absolute Gasteiger partial charge is 0.264 e. The molecule has 1 unspecified atom stereocenters. The number of pyridine rings is 1. The van der Waals surface area contributed by atoms with E-state index in [0.717, 1.165) is 30.2 Å². The monoisotopic (exact) mass is 399 g/mol. The van der Waals surface area contributed by atoms with Crippen LogP contribution in [0.25, 0.3) is 22.2 Å². The van der Waals surface area contributed by atoms with E-state index in [1.807, 2.05) is 30.9 Å². The molecule has 0 spiro atoms. The van der Waals surface area contributed by atoms with Crippen LogP contribution in [0.5, 0.6) is 0 Å². The molecule has 0 aliphatic carbocycles. The fraction of sp³-hybridized carbons (Fsp3) is 0.550. The number of nitrogen functional groups attached to an aromatic ring is 1. The molecule has 0 aromatic carbocycles. The Morgan fingerprint density at radius 1 is 1.28 bits per heavy atom. The minimum atomic E-state index is -0.137. The van der Waals surface area contributed by atoms with Gasteiger partial charge in [0.2, 0.25) is 0 Å². The SMILES string of the molecule is CC(n1cc(-c2cc(N3CCOCC3)n(C)n2)c2[nH]nc(N)c2c1=O)C(C)(C)C. The number of H-pyrrole nitrogens is 1. The Balaban J connectivity index is 1.90. The molecule has 0 radical (unpaired) electrons. The van der Waals surface area contributed by atoms with Crippen LogP contribution in [0.3, 0.4) is 0 Å². The van der Waals surface area contributed by atoms with Crippen molar-refractivity contribution < 1.29 is 4.74 Å². The lowest BCUT2D eigenvalue weighted by Crippen LogP contribution is -2.37. The summed E-state index contributed by atoms with van der Waals surface area (Å²) in [6.45, 7) is 11.5. The Hall–Kier alpha value is -2.81. The summed E-state index contributed by atoms with van der Waals surface area (Å²) in [4.78, 5) is 15.4. The average Bonchev–Trinajstić information content (AvgIpc) is 3.25. The largest absolute Gasteiger partial charge is 0.382 e. The van der Waals surface area contributed by atoms with E-state index in [9.17, 15) is 4.79 Å². The van der Waals surface area contributed by atoms with E-state index in [2.05, 4.69) is 35.9 Å². The molecule has 3 aromatic rings. The quantitative estimate of drug-likeness (QED) is 0.699. The van der Waals surface area contributed by atoms with Gasteiger partial charge in [0.05, 0.1) is 24.4 Å². The van der Waals surface area contributed by atoms with E-state index in [0.29, 0.717) is 24.1 Å². The summed E-state index contributed by atoms with van der Waals surface area (Å²) in [5, 5.41) is 12.2. The van der Waals surface area contributed by atoms with E-state index in [-0.39, 0.29) is 22.8 Å². The van der Waals surface area contributed by atoms with E-state index in [1.54, 1.807) is 4.57 Å². The van der Waals surface area contributed by atoms with Crippen molar-refractivity contribution in [3.05, 3.63) is 22.6 Å². The number of nitrogens with zero attached hydrogens (tertiary/aromatic N) is 5. The lowest BCUT2D eigenvalue weighted by atomic mass is 9.87. The summed E-state index contributed by atoms with van der Waals surface area (Å²) in [6, 6.07) is 2.02. The first-order chi connectivity index (χ1) is 13.7. The number of hydrogen-bond donors (Lipinski definition) is 2. The van der Waals surface area contributed by atoms with Crippen LogP contribution in [0.4, 0.5) is 11.6 Å². The van der Waals surface area contributed by atoms with Gasteiger partial charge >= 0.3 is 0 Å². The van der Waals surface area contributed by atoms with Crippen molar-refractivity contribution in [2.45, 2.75) is 33.7 Å². The standard InChI is InChI=1S/C20H29N7O2/c1-12(20(2,3)4)27-11-13(17-16(19(27)28)18(21)23-22-17)14-10-15(25(5)24-14)26-6-8-29-9-7-26/h10-12H,6-9H2,1-5H3,(H3,21,22,23). The van der Waals surface area contributed by atoms with Gasteiger partial charge in [-0.1, -0.05) is 20.8 Å². The van der Waals surface area contributed by atoms with Crippen LogP contribution in [0.15, 0.2) is 17.1 Å². The normalized spacial score (nSPS) is 16.5. The molecule has 3 aromatic heterocycles. The van der Waals surface area contributed by atoms with Gasteiger partial charge in [-0.3, -0.25) is 14.6 Å². The zero-order valence-electron chi connectivity index (χ0n) is 17.7. The second kappa shape index (κ2) is 6.91. The third-order valence-corrected chi connectivity index (χ3v) is 5.92. The summed E-state index contributed by atoms with van der Waals surface area (Å²) >= 11 is 0. The summed E-state index contributed by atoms with van der Waals surface area (Å²) in [5.41, 5.74) is 8.02. The summed E-state index contributed by atoms with van der Waals surface area (Å²) in [5.74, 6) is 1.23. The Morgan fingerprint density at radius 2 is 1.97 bits per heavy atom. The van der Waals surface area contributed by atoms with Crippen LogP contribution in [0, 0.1) is 5.41 Å². The van der Waals surface area contributed by atoms with Gasteiger partial charge in [-0.15, -0.1) is 0 Å². The number of morpholine rings is 1. The highest BCUT2D eigenvalue weighted by molar-refractivity contribution is 5.97. The Morgan fingerprint density at radius 3 is 2.62 bits per heavy atom. The highest BCUT2D eigenvalue weighted by atomic mass is 16.5. The highest BCUT2D eigenvalue weighted by Gasteiger charge is 2.27. The molecular formula is C20H29N7O2. The number of nitrogens with one attached hydrogen (secondary N) is 1. The first-order valence-corrected chi connectivity index (χ1v) is 9.94. The number of hydrogen-bond acceptors (Lipinski definition) is 6. The van der Waals surface area contributed by atoms with Crippen molar-refractivity contribution >= 4 is 22.5 Å². The summed E-state index contributed by atoms with van der Waals surface area (Å²) in [7, 11) is 1.93. The van der Waals surface area contributed by atoms with Crippen molar-refractivity contribution in [3.8, 4) is 11.3 Å². The third kappa shape index (κ3) is 3.29. The number of rotatable bonds is 3. The molecular weight excluding hydrogens is 370 g/mol. The molecule has 156 valence electrons. The minimum Gasteiger partial charge on any atom is -0.382 e. The van der Waals surface area contributed by atoms with E-state index in [4.69, 9.17) is 15.6 Å². The first-order valence-electron chi connectivity index (χ1n) is 9.94. The van der Waals surface area contributed by atoms with Crippen molar-refractivity contribution in [2.24, 2.45) is 12.5 Å². The molecule has 1 fully saturated rings. The van der Waals surface area contributed by atoms with Crippen molar-refractivity contribution in [3.63, 3.8) is 0 Å². The molecule has 1 aliphatic rings. The summed E-state index contributed by atoms with van der Waals surface area (Å²) in [6.07, 6.45) is 1.88. The Bertz CT molecular complexity index is 1100. The number of nitrogens with two attached hydrogens (primary N) is 1. The van der Waals surface area contributed by atoms with Gasteiger partial charge in [0.1, 0.15) is 11.2 Å². The van der Waals surface area contributed by atoms with Gasteiger partial charge in [0, 0.05) is 44.0 Å². The highest BCUT2D eigenvalue weighted by Crippen LogP contribution is 2.34. The van der Waals surface area contributed by atoms with E-state index < -0.39 is 0 Å². The van der Waals surface area contributed by atoms with E-state index >= 15 is 0 Å². The molecule has 4 rings (SSSR count). The summed E-state index contributed by atoms with van der Waals surface area (Å²) < 4.78 is 9.09. The topological polar surface area (TPSA) is 107 Å². The van der Waals surface area contributed by atoms with Gasteiger partial charge in [0.25, 0.3) is 5.56 Å². The van der Waals surface area contributed by atoms with Crippen LogP contribution < -0.4 is 16.2 Å². The maximum Gasteiger partial charge on any atom is 0.264 e. The molecule has 0 amide bonds. The van der Waals surface area contributed by atoms with Gasteiger partial charge in [0.15, 0.2) is 5.82 Å². The lowest BCUT2D eigenvalue weighted by Gasteiger charge is -2.29. The maximum atomic E-state index is 13.2. The molecule has 1 aliphatic heterocycles. The van der Waals surface area contributed by atoms with Crippen LogP contribution in [-0.4, -0.2) is 50.8 Å². The van der Waals surface area contributed by atoms with Crippen LogP contribution >= 0.6 is 0 Å². The van der Waals surface area contributed by atoms with Crippen molar-refractivity contribution in [1.82, 2.24) is 24.5 Å². The number of fused-ring (bicyclic) bond motifs is 1. The fourth-order valence-electron chi connectivity index (χ4n) is 3.74. The molecule has 0 bridgehead atoms. The molecule has 9 heteroatoms. The molecule has 29 heavy (non-hydrogen) atoms. The zero-order chi connectivity index (χ0) is 20.9. The molecule has 9 nitrogen and oxygen atoms in total. The maximum absolute atomic E-state index is 13.2. The lowest BCUT2D eigenvalue weighted by molar-refractivity contribution is 0.122. The van der Waals surface area contributed by atoms with Crippen LogP contribution in [0.2, 0.25) is 0 Å². The predicted octanol–water partition coefficient (Wildman–Crippen LogP) is 2.15. The second-order valence-corrected chi connectivity index (χ2v) is 8.77. The number of ether oxygens (including phenoxy) is 1. The average molecular weight is 399 g/mol. The van der Waals surface area contributed by atoms with Crippen LogP contribution in [0.1, 0.15) is 33.7 Å². The number of aryl methyl sites for hydroxylation is 1. The van der Waals surface area contributed by atoms with Gasteiger partial charge < -0.3 is 19.9 Å². The fourth-order valence-corrected chi connectivity index (χ4v) is 3.74. The number of aromatic nitrogens is 5. The molecule has 3 N–H and O–H groups in total. The third-order valence-electron chi connectivity index (χ3n) is 5.92. The van der Waals surface area contributed by atoms with E-state index in [1.165, 1.54) is 0 Å². The van der Waals surface area contributed by atoms with Crippen molar-refractivity contribution in [1.29, 1.82) is 0 Å². The van der Waals surface area contributed by atoms with Crippen molar-refractivity contribution in [2.75, 3.05) is 36.9 Å². The molecule has 0 saturated carbocycles.